The number of pyridine rings is 1. The molecule has 8 heteroatoms. The molecule has 5 rings (SSSR count). The number of benzene rings is 2. The lowest BCUT2D eigenvalue weighted by Gasteiger charge is -2.24. The third-order valence-electron chi connectivity index (χ3n) is 6.10. The average molecular weight is 476 g/mol. The van der Waals surface area contributed by atoms with Crippen LogP contribution in [0, 0.1) is 10.6 Å². The molecule has 2 aromatic heterocycles. The maximum absolute atomic E-state index is 14.9. The van der Waals surface area contributed by atoms with Gasteiger partial charge in [0, 0.05) is 30.5 Å². The molecule has 0 radical (unpaired) electrons. The monoisotopic (exact) mass is 475 g/mol. The van der Waals surface area contributed by atoms with Crippen molar-refractivity contribution >= 4 is 12.2 Å². The molecule has 0 N–H and O–H groups in total. The van der Waals surface area contributed by atoms with Crippen molar-refractivity contribution in [1.82, 2.24) is 24.2 Å². The van der Waals surface area contributed by atoms with E-state index in [0.29, 0.717) is 29.6 Å². The van der Waals surface area contributed by atoms with Gasteiger partial charge in [0.05, 0.1) is 19.0 Å². The number of halogens is 1. The zero-order valence-corrected chi connectivity index (χ0v) is 19.8. The molecule has 0 bridgehead atoms. The van der Waals surface area contributed by atoms with E-state index in [1.807, 2.05) is 43.5 Å². The molecule has 3 heterocycles. The highest BCUT2D eigenvalue weighted by molar-refractivity contribution is 7.71. The van der Waals surface area contributed by atoms with Crippen molar-refractivity contribution in [3.8, 4) is 22.8 Å². The number of nitrogens with zero attached hydrogens (tertiary/aromatic N) is 5. The molecule has 1 atom stereocenters. The number of likely N-dealkylation sites (tertiary alicyclic amines) is 1. The van der Waals surface area contributed by atoms with E-state index in [1.165, 1.54) is 11.6 Å². The summed E-state index contributed by atoms with van der Waals surface area (Å²) in [6.45, 7) is 3.99. The summed E-state index contributed by atoms with van der Waals surface area (Å²) < 4.78 is 24.4. The molecular weight excluding hydrogens is 449 g/mol. The van der Waals surface area contributed by atoms with E-state index < -0.39 is 0 Å². The van der Waals surface area contributed by atoms with Gasteiger partial charge < -0.3 is 4.74 Å². The number of rotatable bonds is 7. The van der Waals surface area contributed by atoms with E-state index in [9.17, 15) is 4.39 Å². The summed E-state index contributed by atoms with van der Waals surface area (Å²) in [6.07, 6.45) is 5.86. The van der Waals surface area contributed by atoms with Crippen LogP contribution < -0.4 is 4.74 Å². The summed E-state index contributed by atoms with van der Waals surface area (Å²) in [5.74, 6) is 1.02. The van der Waals surface area contributed by atoms with Crippen LogP contribution in [0.3, 0.4) is 0 Å². The lowest BCUT2D eigenvalue weighted by molar-refractivity contribution is 0.190. The number of ether oxygens (including phenoxy) is 1. The zero-order chi connectivity index (χ0) is 23.5. The molecular formula is C26H26FN5OS. The highest BCUT2D eigenvalue weighted by Crippen LogP contribution is 2.32. The highest BCUT2D eigenvalue weighted by Gasteiger charge is 2.28. The van der Waals surface area contributed by atoms with Crippen LogP contribution in [-0.4, -0.2) is 37.4 Å². The third kappa shape index (κ3) is 4.38. The van der Waals surface area contributed by atoms with Gasteiger partial charge in [-0.2, -0.15) is 0 Å². The number of hydrogen-bond donors (Lipinski definition) is 0. The largest absolute Gasteiger partial charge is 0.494 e. The Kier molecular flexibility index (Phi) is 6.51. The Labute approximate surface area is 203 Å². The fourth-order valence-corrected chi connectivity index (χ4v) is 4.81. The Morgan fingerprint density at radius 3 is 2.65 bits per heavy atom. The van der Waals surface area contributed by atoms with Crippen LogP contribution in [0.2, 0.25) is 0 Å². The molecule has 34 heavy (non-hydrogen) atoms. The smallest absolute Gasteiger partial charge is 0.204 e. The molecule has 0 saturated carbocycles. The second-order valence-electron chi connectivity index (χ2n) is 8.25. The molecule has 4 aromatic rings. The van der Waals surface area contributed by atoms with Gasteiger partial charge in [-0.05, 0) is 80.0 Å². The van der Waals surface area contributed by atoms with E-state index in [-0.39, 0.29) is 11.9 Å². The first-order valence-electron chi connectivity index (χ1n) is 11.5. The summed E-state index contributed by atoms with van der Waals surface area (Å²) in [6, 6.07) is 18.6. The first-order valence-corrected chi connectivity index (χ1v) is 11.9. The molecule has 1 unspecified atom stereocenters. The van der Waals surface area contributed by atoms with Crippen molar-refractivity contribution in [2.45, 2.75) is 32.5 Å². The first kappa shape index (κ1) is 22.4. The van der Waals surface area contributed by atoms with Crippen LogP contribution in [0.1, 0.15) is 31.4 Å². The molecule has 1 aliphatic heterocycles. The van der Waals surface area contributed by atoms with Gasteiger partial charge in [0.1, 0.15) is 11.6 Å². The molecule has 1 fully saturated rings. The Bertz CT molecular complexity index is 1320. The Morgan fingerprint density at radius 2 is 1.91 bits per heavy atom. The molecule has 174 valence electrons. The standard InChI is InChI=1S/C26H26FN5OS/c1-2-33-21-13-11-19(12-14-21)25-29-31(26(34)32(25)24-9-4-3-8-22(24)27)18-30-16-6-10-23(30)20-7-5-15-28-17-20/h3-5,7-9,11-15,17,23H,2,6,10,16,18H2,1H3. The van der Waals surface area contributed by atoms with Crippen molar-refractivity contribution in [1.29, 1.82) is 0 Å². The maximum atomic E-state index is 14.9. The number of hydrogen-bond acceptors (Lipinski definition) is 5. The van der Waals surface area contributed by atoms with Crippen LogP contribution in [0.4, 0.5) is 4.39 Å². The molecule has 0 spiro atoms. The van der Waals surface area contributed by atoms with Gasteiger partial charge in [-0.1, -0.05) is 18.2 Å². The van der Waals surface area contributed by atoms with Crippen LogP contribution in [0.5, 0.6) is 5.75 Å². The highest BCUT2D eigenvalue weighted by atomic mass is 32.1. The second kappa shape index (κ2) is 9.87. The van der Waals surface area contributed by atoms with Crippen LogP contribution in [0.25, 0.3) is 17.1 Å². The van der Waals surface area contributed by atoms with Gasteiger partial charge in [0.15, 0.2) is 5.82 Å². The van der Waals surface area contributed by atoms with E-state index in [2.05, 4.69) is 16.0 Å². The van der Waals surface area contributed by atoms with Gasteiger partial charge in [0.25, 0.3) is 0 Å². The van der Waals surface area contributed by atoms with Crippen molar-refractivity contribution in [3.63, 3.8) is 0 Å². The minimum Gasteiger partial charge on any atom is -0.494 e. The molecule has 1 aliphatic rings. The van der Waals surface area contributed by atoms with Gasteiger partial charge in [-0.15, -0.1) is 5.10 Å². The fourth-order valence-electron chi connectivity index (χ4n) is 4.52. The fraction of sp³-hybridized carbons (Fsp3) is 0.269. The van der Waals surface area contributed by atoms with Gasteiger partial charge >= 0.3 is 0 Å². The molecule has 0 aliphatic carbocycles. The summed E-state index contributed by atoms with van der Waals surface area (Å²) in [5, 5.41) is 4.88. The van der Waals surface area contributed by atoms with Gasteiger partial charge in [-0.3, -0.25) is 14.5 Å². The van der Waals surface area contributed by atoms with Crippen molar-refractivity contribution in [3.05, 3.63) is 89.2 Å². The van der Waals surface area contributed by atoms with Crippen molar-refractivity contribution in [2.24, 2.45) is 0 Å². The molecule has 2 aromatic carbocycles. The lowest BCUT2D eigenvalue weighted by Crippen LogP contribution is -2.27. The second-order valence-corrected chi connectivity index (χ2v) is 8.61. The SMILES string of the molecule is CCOc1ccc(-c2nn(CN3CCCC3c3cccnc3)c(=S)n2-c2ccccc2F)cc1. The summed E-state index contributed by atoms with van der Waals surface area (Å²) in [4.78, 5) is 6.64. The molecule has 6 nitrogen and oxygen atoms in total. The number of aromatic nitrogens is 4. The minimum atomic E-state index is -0.347. The lowest BCUT2D eigenvalue weighted by atomic mass is 10.1. The van der Waals surface area contributed by atoms with Crippen LogP contribution in [0.15, 0.2) is 73.1 Å². The minimum absolute atomic E-state index is 0.253. The summed E-state index contributed by atoms with van der Waals surface area (Å²) >= 11 is 5.84. The van der Waals surface area contributed by atoms with E-state index in [4.69, 9.17) is 22.1 Å². The van der Waals surface area contributed by atoms with Gasteiger partial charge in [-0.25, -0.2) is 9.07 Å². The van der Waals surface area contributed by atoms with Crippen LogP contribution in [-0.2, 0) is 6.67 Å². The average Bonchev–Trinajstić information content (AvgIpc) is 3.46. The summed E-state index contributed by atoms with van der Waals surface area (Å²) in [5.41, 5.74) is 2.40. The summed E-state index contributed by atoms with van der Waals surface area (Å²) in [7, 11) is 0. The normalized spacial score (nSPS) is 16.1. The molecule has 0 amide bonds. The van der Waals surface area contributed by atoms with Gasteiger partial charge in [0.2, 0.25) is 4.77 Å². The predicted molar refractivity (Wildman–Crippen MR) is 132 cm³/mol. The van der Waals surface area contributed by atoms with E-state index in [1.54, 1.807) is 33.6 Å². The predicted octanol–water partition coefficient (Wildman–Crippen LogP) is 5.80. The quantitative estimate of drug-likeness (QED) is 0.316. The Morgan fingerprint density at radius 1 is 1.09 bits per heavy atom. The Hall–Kier alpha value is -3.36. The van der Waals surface area contributed by atoms with Crippen molar-refractivity contribution < 1.29 is 9.13 Å². The first-order chi connectivity index (χ1) is 16.7. The van der Waals surface area contributed by atoms with E-state index >= 15 is 0 Å². The zero-order valence-electron chi connectivity index (χ0n) is 19.0. The topological polar surface area (TPSA) is 48.1 Å². The van der Waals surface area contributed by atoms with E-state index in [0.717, 1.165) is 30.7 Å². The van der Waals surface area contributed by atoms with Crippen molar-refractivity contribution in [2.75, 3.05) is 13.2 Å². The maximum Gasteiger partial charge on any atom is 0.204 e. The third-order valence-corrected chi connectivity index (χ3v) is 6.50. The molecule has 1 saturated heterocycles. The van der Waals surface area contributed by atoms with Crippen LogP contribution >= 0.6 is 12.2 Å². The Balaban J connectivity index is 1.56. The number of para-hydroxylation sites is 1.